The second kappa shape index (κ2) is 4.37. The van der Waals surface area contributed by atoms with Crippen molar-refractivity contribution in [2.75, 3.05) is 0 Å². The lowest BCUT2D eigenvalue weighted by atomic mass is 9.82. The Morgan fingerprint density at radius 2 is 1.68 bits per heavy atom. The Bertz CT molecular complexity index is 514. The molecular formula is C15H20N2O2. The van der Waals surface area contributed by atoms with Gasteiger partial charge in [-0.25, -0.2) is 4.79 Å². The van der Waals surface area contributed by atoms with E-state index in [0.29, 0.717) is 6.42 Å². The normalized spacial score (nSPS) is 23.2. The van der Waals surface area contributed by atoms with Crippen LogP contribution < -0.4 is 10.6 Å². The largest absolute Gasteiger partial charge is 0.322 e. The zero-order chi connectivity index (χ0) is 14.3. The first-order valence-corrected chi connectivity index (χ1v) is 6.54. The minimum atomic E-state index is -0.923. The standard InChI is InChI=1S/C15H20N2O2/c1-5-15(12(18)16-13(19)17-15)11-8-6-10(7-9-11)14(2,3)4/h6-9H,5H2,1-4H3,(H2,16,17,18,19). The minimum Gasteiger partial charge on any atom is -0.319 e. The van der Waals surface area contributed by atoms with E-state index in [0.717, 1.165) is 5.56 Å². The number of rotatable bonds is 2. The summed E-state index contributed by atoms with van der Waals surface area (Å²) in [6.07, 6.45) is 0.527. The summed E-state index contributed by atoms with van der Waals surface area (Å²) in [4.78, 5) is 23.4. The molecule has 2 N–H and O–H groups in total. The Kier molecular flexibility index (Phi) is 3.12. The number of hydrogen-bond acceptors (Lipinski definition) is 2. The van der Waals surface area contributed by atoms with Gasteiger partial charge in [0.25, 0.3) is 5.91 Å². The van der Waals surface area contributed by atoms with E-state index in [1.165, 1.54) is 5.56 Å². The molecule has 1 aromatic carbocycles. The lowest BCUT2D eigenvalue weighted by Crippen LogP contribution is -2.43. The van der Waals surface area contributed by atoms with Gasteiger partial charge in [-0.15, -0.1) is 0 Å². The first-order chi connectivity index (χ1) is 8.79. The van der Waals surface area contributed by atoms with Crippen molar-refractivity contribution in [3.8, 4) is 0 Å². The molecule has 1 unspecified atom stereocenters. The summed E-state index contributed by atoms with van der Waals surface area (Å²) in [6, 6.07) is 7.46. The maximum atomic E-state index is 12.0. The topological polar surface area (TPSA) is 58.2 Å². The molecule has 0 spiro atoms. The lowest BCUT2D eigenvalue weighted by molar-refractivity contribution is -0.124. The highest BCUT2D eigenvalue weighted by molar-refractivity contribution is 6.07. The van der Waals surface area contributed by atoms with Gasteiger partial charge in [-0.1, -0.05) is 52.0 Å². The number of amides is 3. The van der Waals surface area contributed by atoms with Crippen LogP contribution >= 0.6 is 0 Å². The minimum absolute atomic E-state index is 0.0685. The van der Waals surface area contributed by atoms with E-state index < -0.39 is 11.6 Å². The predicted molar refractivity (Wildman–Crippen MR) is 73.8 cm³/mol. The molecule has 1 aliphatic rings. The fourth-order valence-electron chi connectivity index (χ4n) is 2.40. The van der Waals surface area contributed by atoms with Crippen molar-refractivity contribution in [3.63, 3.8) is 0 Å². The highest BCUT2D eigenvalue weighted by Gasteiger charge is 2.46. The number of imide groups is 1. The molecule has 0 saturated carbocycles. The Labute approximate surface area is 113 Å². The zero-order valence-electron chi connectivity index (χ0n) is 11.8. The van der Waals surface area contributed by atoms with Gasteiger partial charge in [0, 0.05) is 0 Å². The fourth-order valence-corrected chi connectivity index (χ4v) is 2.40. The summed E-state index contributed by atoms with van der Waals surface area (Å²) in [5, 5.41) is 5.05. The highest BCUT2D eigenvalue weighted by atomic mass is 16.2. The third-order valence-electron chi connectivity index (χ3n) is 3.72. The van der Waals surface area contributed by atoms with Crippen LogP contribution in [0.3, 0.4) is 0 Å². The molecule has 2 rings (SSSR count). The van der Waals surface area contributed by atoms with Crippen LogP contribution in [0.25, 0.3) is 0 Å². The zero-order valence-corrected chi connectivity index (χ0v) is 11.8. The van der Waals surface area contributed by atoms with Crippen molar-refractivity contribution in [1.82, 2.24) is 10.6 Å². The van der Waals surface area contributed by atoms with E-state index in [1.54, 1.807) is 0 Å². The van der Waals surface area contributed by atoms with Crippen LogP contribution in [-0.2, 0) is 15.7 Å². The van der Waals surface area contributed by atoms with Gasteiger partial charge >= 0.3 is 6.03 Å². The van der Waals surface area contributed by atoms with E-state index in [2.05, 4.69) is 31.4 Å². The van der Waals surface area contributed by atoms with Crippen molar-refractivity contribution in [3.05, 3.63) is 35.4 Å². The van der Waals surface area contributed by atoms with Crippen molar-refractivity contribution >= 4 is 11.9 Å². The van der Waals surface area contributed by atoms with Gasteiger partial charge in [0.2, 0.25) is 0 Å². The molecule has 1 aliphatic heterocycles. The number of nitrogens with one attached hydrogen (secondary N) is 2. The van der Waals surface area contributed by atoms with Crippen molar-refractivity contribution in [2.45, 2.75) is 45.1 Å². The van der Waals surface area contributed by atoms with Gasteiger partial charge in [-0.05, 0) is 23.0 Å². The third-order valence-corrected chi connectivity index (χ3v) is 3.72. The summed E-state index contributed by atoms with van der Waals surface area (Å²) >= 11 is 0. The molecule has 0 radical (unpaired) electrons. The summed E-state index contributed by atoms with van der Waals surface area (Å²) in [5.41, 5.74) is 1.17. The van der Waals surface area contributed by atoms with Gasteiger partial charge in [0.15, 0.2) is 0 Å². The number of carbonyl (C=O) groups is 2. The van der Waals surface area contributed by atoms with Gasteiger partial charge in [0.05, 0.1) is 0 Å². The van der Waals surface area contributed by atoms with Gasteiger partial charge in [-0.3, -0.25) is 10.1 Å². The summed E-state index contributed by atoms with van der Waals surface area (Å²) < 4.78 is 0. The second-order valence-electron chi connectivity index (χ2n) is 5.99. The quantitative estimate of drug-likeness (QED) is 0.802. The molecule has 0 bridgehead atoms. The molecule has 1 saturated heterocycles. The molecule has 3 amide bonds. The average molecular weight is 260 g/mol. The first kappa shape index (κ1) is 13.6. The monoisotopic (exact) mass is 260 g/mol. The van der Waals surface area contributed by atoms with Crippen LogP contribution in [0.15, 0.2) is 24.3 Å². The smallest absolute Gasteiger partial charge is 0.319 e. The Morgan fingerprint density at radius 1 is 1.11 bits per heavy atom. The second-order valence-corrected chi connectivity index (χ2v) is 5.99. The summed E-state index contributed by atoms with van der Waals surface area (Å²) in [6.45, 7) is 8.31. The summed E-state index contributed by atoms with van der Waals surface area (Å²) in [7, 11) is 0. The molecule has 0 aromatic heterocycles. The number of hydrogen-bond donors (Lipinski definition) is 2. The highest BCUT2D eigenvalue weighted by Crippen LogP contribution is 2.30. The van der Waals surface area contributed by atoms with Gasteiger partial charge < -0.3 is 5.32 Å². The Hall–Kier alpha value is -1.84. The van der Waals surface area contributed by atoms with Crippen LogP contribution in [0, 0.1) is 0 Å². The van der Waals surface area contributed by atoms with E-state index in [-0.39, 0.29) is 11.3 Å². The molecule has 4 nitrogen and oxygen atoms in total. The third kappa shape index (κ3) is 2.23. The molecular weight excluding hydrogens is 240 g/mol. The van der Waals surface area contributed by atoms with E-state index in [1.807, 2.05) is 31.2 Å². The molecule has 1 heterocycles. The molecule has 4 heteroatoms. The van der Waals surface area contributed by atoms with E-state index in [9.17, 15) is 9.59 Å². The van der Waals surface area contributed by atoms with E-state index in [4.69, 9.17) is 0 Å². The van der Waals surface area contributed by atoms with Crippen LogP contribution in [0.5, 0.6) is 0 Å². The van der Waals surface area contributed by atoms with Gasteiger partial charge in [-0.2, -0.15) is 0 Å². The average Bonchev–Trinajstić information content (AvgIpc) is 2.64. The van der Waals surface area contributed by atoms with E-state index >= 15 is 0 Å². The maximum Gasteiger partial charge on any atom is 0.322 e. The van der Waals surface area contributed by atoms with Gasteiger partial charge in [0.1, 0.15) is 5.54 Å². The molecule has 102 valence electrons. The molecule has 0 aliphatic carbocycles. The number of benzene rings is 1. The number of urea groups is 1. The Balaban J connectivity index is 2.41. The molecule has 1 atom stereocenters. The van der Waals surface area contributed by atoms with Crippen molar-refractivity contribution in [1.29, 1.82) is 0 Å². The molecule has 19 heavy (non-hydrogen) atoms. The first-order valence-electron chi connectivity index (χ1n) is 6.54. The van der Waals surface area contributed by atoms with Crippen LogP contribution in [0.4, 0.5) is 4.79 Å². The maximum absolute atomic E-state index is 12.0. The molecule has 1 fully saturated rings. The van der Waals surface area contributed by atoms with Crippen molar-refractivity contribution < 1.29 is 9.59 Å². The van der Waals surface area contributed by atoms with Crippen LogP contribution in [-0.4, -0.2) is 11.9 Å². The SMILES string of the molecule is CCC1(c2ccc(C(C)(C)C)cc2)NC(=O)NC1=O. The van der Waals surface area contributed by atoms with Crippen molar-refractivity contribution in [2.24, 2.45) is 0 Å². The van der Waals surface area contributed by atoms with Crippen LogP contribution in [0.1, 0.15) is 45.2 Å². The number of carbonyl (C=O) groups excluding carboxylic acids is 2. The summed E-state index contributed by atoms with van der Waals surface area (Å²) in [5.74, 6) is -0.275. The fraction of sp³-hybridized carbons (Fsp3) is 0.467. The Morgan fingerprint density at radius 3 is 2.05 bits per heavy atom. The predicted octanol–water partition coefficient (Wildman–Crippen LogP) is 2.43. The van der Waals surface area contributed by atoms with Crippen LogP contribution in [0.2, 0.25) is 0 Å². The molecule has 1 aromatic rings. The lowest BCUT2D eigenvalue weighted by Gasteiger charge is -2.26.